The molecule has 0 bridgehead atoms. The molecule has 2 aromatic carbocycles. The molecule has 192 valence electrons. The summed E-state index contributed by atoms with van der Waals surface area (Å²) in [5, 5.41) is 3.16. The van der Waals surface area contributed by atoms with Gasteiger partial charge in [-0.05, 0) is 36.6 Å². The quantitative estimate of drug-likeness (QED) is 0.526. The first-order valence-corrected chi connectivity index (χ1v) is 13.7. The lowest BCUT2D eigenvalue weighted by molar-refractivity contribution is -0.123. The second-order valence-electron chi connectivity index (χ2n) is 9.40. The zero-order chi connectivity index (χ0) is 25.9. The number of carbonyl (C=O) groups excluding carboxylic acids is 1. The van der Waals surface area contributed by atoms with E-state index >= 15 is 0 Å². The van der Waals surface area contributed by atoms with Crippen molar-refractivity contribution in [2.75, 3.05) is 0 Å². The van der Waals surface area contributed by atoms with Crippen LogP contribution in [0.25, 0.3) is 10.9 Å². The van der Waals surface area contributed by atoms with E-state index in [4.69, 9.17) is 0 Å². The summed E-state index contributed by atoms with van der Waals surface area (Å²) in [5.41, 5.74) is -0.254. The number of nitrogens with one attached hydrogen (secondary N) is 2. The first-order chi connectivity index (χ1) is 17.2. The highest BCUT2D eigenvalue weighted by Crippen LogP contribution is 2.22. The van der Waals surface area contributed by atoms with Crippen molar-refractivity contribution in [3.63, 3.8) is 0 Å². The van der Waals surface area contributed by atoms with E-state index in [2.05, 4.69) is 10.0 Å². The average Bonchev–Trinajstić information content (AvgIpc) is 2.86. The monoisotopic (exact) mass is 512 g/mol. The average molecular weight is 513 g/mol. The van der Waals surface area contributed by atoms with E-state index in [0.717, 1.165) is 43.1 Å². The number of aryl methyl sites for hydroxylation is 1. The minimum Gasteiger partial charge on any atom is -0.352 e. The van der Waals surface area contributed by atoms with Crippen molar-refractivity contribution < 1.29 is 13.2 Å². The van der Waals surface area contributed by atoms with Crippen molar-refractivity contribution >= 4 is 26.8 Å². The maximum atomic E-state index is 13.4. The van der Waals surface area contributed by atoms with E-state index in [0.29, 0.717) is 11.1 Å². The second kappa shape index (κ2) is 10.8. The van der Waals surface area contributed by atoms with E-state index in [1.165, 1.54) is 43.3 Å². The number of hydrogen-bond donors (Lipinski definition) is 2. The van der Waals surface area contributed by atoms with Crippen LogP contribution in [-0.2, 0) is 28.9 Å². The van der Waals surface area contributed by atoms with Crippen molar-refractivity contribution in [2.24, 2.45) is 14.1 Å². The Morgan fingerprint density at radius 2 is 1.56 bits per heavy atom. The standard InChI is InChI=1S/C26H32N4O5S/c1-29-22-16-15-20(17-21(22)25(32)30(2)26(29)33)36(34,35)28-23(18-11-7-6-8-12-18)24(31)27-19-13-9-4-3-5-10-14-19/h6-8,11-12,15-17,19,23,28H,3-5,9-10,13-14H2,1-2H3,(H,27,31). The lowest BCUT2D eigenvalue weighted by Gasteiger charge is -2.25. The largest absolute Gasteiger partial charge is 0.352 e. The fraction of sp³-hybridized carbons (Fsp3) is 0.423. The van der Waals surface area contributed by atoms with Gasteiger partial charge < -0.3 is 5.32 Å². The summed E-state index contributed by atoms with van der Waals surface area (Å²) >= 11 is 0. The van der Waals surface area contributed by atoms with Crippen LogP contribution in [-0.4, -0.2) is 29.5 Å². The van der Waals surface area contributed by atoms with E-state index in [1.54, 1.807) is 30.3 Å². The molecule has 0 spiro atoms. The molecule has 0 radical (unpaired) electrons. The van der Waals surface area contributed by atoms with Crippen LogP contribution in [0.3, 0.4) is 0 Å². The van der Waals surface area contributed by atoms with Gasteiger partial charge in [-0.1, -0.05) is 62.4 Å². The molecule has 2 N–H and O–H groups in total. The molecule has 1 atom stereocenters. The van der Waals surface area contributed by atoms with Gasteiger partial charge in [0.15, 0.2) is 0 Å². The summed E-state index contributed by atoms with van der Waals surface area (Å²) in [6.45, 7) is 0. The first kappa shape index (κ1) is 25.8. The van der Waals surface area contributed by atoms with Gasteiger partial charge in [0.2, 0.25) is 15.9 Å². The summed E-state index contributed by atoms with van der Waals surface area (Å²) in [7, 11) is -1.34. The van der Waals surface area contributed by atoms with Crippen molar-refractivity contribution in [2.45, 2.75) is 61.9 Å². The summed E-state index contributed by atoms with van der Waals surface area (Å²) in [6, 6.07) is 11.6. The molecule has 36 heavy (non-hydrogen) atoms. The second-order valence-corrected chi connectivity index (χ2v) is 11.1. The minimum atomic E-state index is -4.20. The molecule has 1 fully saturated rings. The van der Waals surface area contributed by atoms with Crippen LogP contribution < -0.4 is 21.3 Å². The van der Waals surface area contributed by atoms with Gasteiger partial charge in [0, 0.05) is 20.1 Å². The van der Waals surface area contributed by atoms with E-state index < -0.39 is 33.2 Å². The van der Waals surface area contributed by atoms with E-state index in [1.807, 2.05) is 0 Å². The highest BCUT2D eigenvalue weighted by atomic mass is 32.2. The Labute approximate surface area is 210 Å². The van der Waals surface area contributed by atoms with Gasteiger partial charge in [-0.3, -0.25) is 18.7 Å². The van der Waals surface area contributed by atoms with Gasteiger partial charge >= 0.3 is 5.69 Å². The third kappa shape index (κ3) is 5.44. The Hall–Kier alpha value is -3.24. The summed E-state index contributed by atoms with van der Waals surface area (Å²) < 4.78 is 31.6. The Bertz CT molecular complexity index is 1470. The molecule has 1 aliphatic carbocycles. The number of benzene rings is 2. The van der Waals surface area contributed by atoms with Crippen LogP contribution in [0.15, 0.2) is 63.0 Å². The third-order valence-electron chi connectivity index (χ3n) is 6.87. The van der Waals surface area contributed by atoms with Crippen molar-refractivity contribution in [1.82, 2.24) is 19.2 Å². The van der Waals surface area contributed by atoms with E-state index in [-0.39, 0.29) is 16.3 Å². The predicted molar refractivity (Wildman–Crippen MR) is 138 cm³/mol. The molecule has 1 unspecified atom stereocenters. The SMILES string of the molecule is Cn1c(=O)c2cc(S(=O)(=O)NC(C(=O)NC3CCCCCCC3)c3ccccc3)ccc2n(C)c1=O. The molecular formula is C26H32N4O5S. The predicted octanol–water partition coefficient (Wildman–Crippen LogP) is 2.49. The molecule has 1 saturated carbocycles. The zero-order valence-electron chi connectivity index (χ0n) is 20.6. The molecule has 10 heteroatoms. The normalized spacial score (nSPS) is 16.3. The van der Waals surface area contributed by atoms with Crippen molar-refractivity contribution in [3.8, 4) is 0 Å². The first-order valence-electron chi connectivity index (χ1n) is 12.3. The number of sulfonamides is 1. The number of carbonyl (C=O) groups is 1. The Balaban J connectivity index is 1.67. The minimum absolute atomic E-state index is 0.00139. The van der Waals surface area contributed by atoms with Crippen LogP contribution in [0.2, 0.25) is 0 Å². The topological polar surface area (TPSA) is 119 Å². The summed E-state index contributed by atoms with van der Waals surface area (Å²) in [6.07, 6.45) is 7.26. The molecule has 1 aromatic heterocycles. The molecule has 3 aromatic rings. The van der Waals surface area contributed by atoms with Gasteiger partial charge in [-0.25, -0.2) is 13.2 Å². The van der Waals surface area contributed by atoms with Crippen molar-refractivity contribution in [1.29, 1.82) is 0 Å². The van der Waals surface area contributed by atoms with Crippen LogP contribution >= 0.6 is 0 Å². The molecule has 0 saturated heterocycles. The van der Waals surface area contributed by atoms with Crippen molar-refractivity contribution in [3.05, 3.63) is 74.9 Å². The third-order valence-corrected chi connectivity index (χ3v) is 8.29. The van der Waals surface area contributed by atoms with Gasteiger partial charge in [-0.2, -0.15) is 4.72 Å². The number of amides is 1. The lowest BCUT2D eigenvalue weighted by Crippen LogP contribution is -2.44. The highest BCUT2D eigenvalue weighted by molar-refractivity contribution is 7.89. The lowest BCUT2D eigenvalue weighted by atomic mass is 9.96. The zero-order valence-corrected chi connectivity index (χ0v) is 21.4. The van der Waals surface area contributed by atoms with Crippen LogP contribution in [0.1, 0.15) is 56.6 Å². The summed E-state index contributed by atoms with van der Waals surface area (Å²) in [5.74, 6) is -0.408. The fourth-order valence-corrected chi connectivity index (χ4v) is 5.98. The van der Waals surface area contributed by atoms with Crippen LogP contribution in [0.5, 0.6) is 0 Å². The summed E-state index contributed by atoms with van der Waals surface area (Å²) in [4.78, 5) is 38.1. The number of rotatable bonds is 6. The number of fused-ring (bicyclic) bond motifs is 1. The molecule has 1 amide bonds. The number of aromatic nitrogens is 2. The maximum absolute atomic E-state index is 13.4. The number of nitrogens with zero attached hydrogens (tertiary/aromatic N) is 2. The Morgan fingerprint density at radius 3 is 2.22 bits per heavy atom. The van der Waals surface area contributed by atoms with Gasteiger partial charge in [0.25, 0.3) is 5.56 Å². The van der Waals surface area contributed by atoms with Crippen LogP contribution in [0, 0.1) is 0 Å². The smallest absolute Gasteiger partial charge is 0.330 e. The van der Waals surface area contributed by atoms with Gasteiger partial charge in [-0.15, -0.1) is 0 Å². The molecule has 4 rings (SSSR count). The van der Waals surface area contributed by atoms with Gasteiger partial charge in [0.05, 0.1) is 15.8 Å². The highest BCUT2D eigenvalue weighted by Gasteiger charge is 2.29. The molecule has 0 aliphatic heterocycles. The fourth-order valence-electron chi connectivity index (χ4n) is 4.77. The molecule has 1 heterocycles. The maximum Gasteiger partial charge on any atom is 0.330 e. The molecule has 9 nitrogen and oxygen atoms in total. The van der Waals surface area contributed by atoms with Gasteiger partial charge in [0.1, 0.15) is 6.04 Å². The molecule has 1 aliphatic rings. The Kier molecular flexibility index (Phi) is 7.75. The van der Waals surface area contributed by atoms with E-state index in [9.17, 15) is 22.8 Å². The number of hydrogen-bond acceptors (Lipinski definition) is 5. The van der Waals surface area contributed by atoms with Crippen LogP contribution in [0.4, 0.5) is 0 Å². The Morgan fingerprint density at radius 1 is 0.917 bits per heavy atom. The molecular weight excluding hydrogens is 480 g/mol.